The zero-order chi connectivity index (χ0) is 25.1. The van der Waals surface area contributed by atoms with E-state index in [1.807, 2.05) is 55.2 Å². The van der Waals surface area contributed by atoms with Crippen LogP contribution < -0.4 is 4.74 Å². The van der Waals surface area contributed by atoms with Crippen molar-refractivity contribution in [1.82, 2.24) is 19.7 Å². The number of methoxy groups -OCH3 is 1. The van der Waals surface area contributed by atoms with Gasteiger partial charge < -0.3 is 9.84 Å². The molecule has 2 atom stereocenters. The van der Waals surface area contributed by atoms with Crippen LogP contribution in [0.2, 0.25) is 0 Å². The molecule has 0 radical (unpaired) electrons. The summed E-state index contributed by atoms with van der Waals surface area (Å²) in [6, 6.07) is 20.6. The van der Waals surface area contributed by atoms with E-state index < -0.39 is 5.60 Å². The highest BCUT2D eigenvalue weighted by Gasteiger charge is 2.32. The lowest BCUT2D eigenvalue weighted by molar-refractivity contribution is 0.0319. The number of hydrogen-bond donors (Lipinski definition) is 1. The molecule has 0 aliphatic carbocycles. The monoisotopic (exact) mass is 484 g/mol. The number of rotatable bonds is 7. The van der Waals surface area contributed by atoms with Gasteiger partial charge in [-0.3, -0.25) is 9.88 Å². The van der Waals surface area contributed by atoms with E-state index in [9.17, 15) is 5.11 Å². The summed E-state index contributed by atoms with van der Waals surface area (Å²) in [5.74, 6) is 1.29. The minimum Gasteiger partial charge on any atom is -0.496 e. The zero-order valence-electron chi connectivity index (χ0n) is 21.5. The van der Waals surface area contributed by atoms with Gasteiger partial charge in [-0.15, -0.1) is 0 Å². The molecule has 2 aromatic heterocycles. The van der Waals surface area contributed by atoms with Gasteiger partial charge in [0.15, 0.2) is 0 Å². The van der Waals surface area contributed by atoms with Gasteiger partial charge in [0.2, 0.25) is 0 Å². The predicted molar refractivity (Wildman–Crippen MR) is 144 cm³/mol. The number of aliphatic hydroxyl groups is 1. The fourth-order valence-electron chi connectivity index (χ4n) is 5.57. The average Bonchev–Trinajstić information content (AvgIpc) is 3.25. The van der Waals surface area contributed by atoms with Crippen molar-refractivity contribution in [2.45, 2.75) is 57.1 Å². The van der Waals surface area contributed by atoms with Crippen molar-refractivity contribution in [3.8, 4) is 11.4 Å². The van der Waals surface area contributed by atoms with Crippen LogP contribution in [-0.2, 0) is 0 Å². The van der Waals surface area contributed by atoms with Gasteiger partial charge in [0.25, 0.3) is 0 Å². The molecule has 3 heterocycles. The van der Waals surface area contributed by atoms with E-state index in [1.54, 1.807) is 7.11 Å². The minimum absolute atomic E-state index is 0.0428. The maximum Gasteiger partial charge on any atom is 0.124 e. The number of likely N-dealkylation sites (tertiary alicyclic amines) is 1. The van der Waals surface area contributed by atoms with E-state index in [-0.39, 0.29) is 6.04 Å². The van der Waals surface area contributed by atoms with E-state index in [2.05, 4.69) is 41.3 Å². The van der Waals surface area contributed by atoms with Crippen LogP contribution in [0.5, 0.6) is 5.75 Å². The molecule has 4 aromatic rings. The molecule has 0 amide bonds. The first-order valence-electron chi connectivity index (χ1n) is 12.9. The minimum atomic E-state index is -0.796. The Morgan fingerprint density at radius 1 is 1.03 bits per heavy atom. The summed E-state index contributed by atoms with van der Waals surface area (Å²) in [5, 5.41) is 16.9. The summed E-state index contributed by atoms with van der Waals surface area (Å²) in [6.07, 6.45) is 7.68. The average molecular weight is 485 g/mol. The number of nitrogens with zero attached hydrogens (tertiary/aromatic N) is 4. The maximum atomic E-state index is 10.8. The molecule has 0 saturated carbocycles. The van der Waals surface area contributed by atoms with E-state index in [1.165, 1.54) is 5.56 Å². The highest BCUT2D eigenvalue weighted by molar-refractivity contribution is 5.84. The Hall–Kier alpha value is -3.22. The number of benzene rings is 2. The molecule has 6 heteroatoms. The fraction of sp³-hybridized carbons (Fsp3) is 0.400. The Balaban J connectivity index is 1.42. The molecule has 0 spiro atoms. The van der Waals surface area contributed by atoms with Gasteiger partial charge in [-0.25, -0.2) is 4.68 Å². The summed E-state index contributed by atoms with van der Waals surface area (Å²) in [7, 11) is 1.75. The Bertz CT molecular complexity index is 1300. The Kier molecular flexibility index (Phi) is 7.08. The van der Waals surface area contributed by atoms with Crippen LogP contribution in [0.4, 0.5) is 0 Å². The highest BCUT2D eigenvalue weighted by Crippen LogP contribution is 2.40. The fourth-order valence-corrected chi connectivity index (χ4v) is 5.57. The van der Waals surface area contributed by atoms with Crippen molar-refractivity contribution in [2.24, 2.45) is 0 Å². The van der Waals surface area contributed by atoms with Crippen molar-refractivity contribution in [3.63, 3.8) is 0 Å². The molecule has 1 saturated heterocycles. The standard InChI is InChI=1S/C30H36N4O2/c1-30(2,35)21-26(25-16-20-34(32-25)24-11-5-4-6-12-24)33-18-8-10-22(15-19-33)28-27(36-3)14-13-23-9-7-17-31-29(23)28/h4-7,9,11-14,16-17,20,22,26,35H,8,10,15,18-19,21H2,1-3H3. The SMILES string of the molecule is COc1ccc2cccnc2c1C1CCCN(C(CC(C)(C)O)c2ccn(-c3ccccc3)n2)CC1. The third-order valence-corrected chi connectivity index (χ3v) is 7.27. The second-order valence-electron chi connectivity index (χ2n) is 10.5. The maximum absolute atomic E-state index is 10.8. The lowest BCUT2D eigenvalue weighted by Gasteiger charge is -2.33. The van der Waals surface area contributed by atoms with Crippen LogP contribution in [0.25, 0.3) is 16.6 Å². The van der Waals surface area contributed by atoms with Crippen LogP contribution in [0, 0.1) is 0 Å². The normalized spacial score (nSPS) is 18.2. The first-order chi connectivity index (χ1) is 17.4. The molecule has 188 valence electrons. The van der Waals surface area contributed by atoms with Crippen molar-refractivity contribution < 1.29 is 9.84 Å². The van der Waals surface area contributed by atoms with E-state index in [0.717, 1.165) is 60.4 Å². The summed E-state index contributed by atoms with van der Waals surface area (Å²) in [5.41, 5.74) is 3.52. The van der Waals surface area contributed by atoms with Crippen LogP contribution in [0.1, 0.15) is 62.7 Å². The molecule has 1 aliphatic heterocycles. The van der Waals surface area contributed by atoms with Gasteiger partial charge in [-0.05, 0) is 94.9 Å². The molecular weight excluding hydrogens is 448 g/mol. The van der Waals surface area contributed by atoms with Crippen LogP contribution in [-0.4, -0.2) is 50.6 Å². The number of para-hydroxylation sites is 1. The van der Waals surface area contributed by atoms with E-state index in [0.29, 0.717) is 12.3 Å². The van der Waals surface area contributed by atoms with Gasteiger partial charge in [-0.2, -0.15) is 5.10 Å². The summed E-state index contributed by atoms with van der Waals surface area (Å²) >= 11 is 0. The molecule has 1 N–H and O–H groups in total. The first-order valence-corrected chi connectivity index (χ1v) is 12.9. The quantitative estimate of drug-likeness (QED) is 0.354. The van der Waals surface area contributed by atoms with Crippen molar-refractivity contribution in [1.29, 1.82) is 0 Å². The summed E-state index contributed by atoms with van der Waals surface area (Å²) in [6.45, 7) is 5.68. The topological polar surface area (TPSA) is 63.4 Å². The smallest absolute Gasteiger partial charge is 0.124 e. The van der Waals surface area contributed by atoms with E-state index in [4.69, 9.17) is 14.8 Å². The molecule has 2 unspecified atom stereocenters. The third kappa shape index (κ3) is 5.30. The second-order valence-corrected chi connectivity index (χ2v) is 10.5. The van der Waals surface area contributed by atoms with Crippen LogP contribution in [0.15, 0.2) is 73.1 Å². The Morgan fingerprint density at radius 3 is 2.64 bits per heavy atom. The van der Waals surface area contributed by atoms with Crippen LogP contribution >= 0.6 is 0 Å². The first kappa shape index (κ1) is 24.5. The zero-order valence-corrected chi connectivity index (χ0v) is 21.5. The molecule has 0 bridgehead atoms. The number of aromatic nitrogens is 3. The second kappa shape index (κ2) is 10.4. The largest absolute Gasteiger partial charge is 0.496 e. The Morgan fingerprint density at radius 2 is 1.86 bits per heavy atom. The van der Waals surface area contributed by atoms with Crippen LogP contribution in [0.3, 0.4) is 0 Å². The summed E-state index contributed by atoms with van der Waals surface area (Å²) < 4.78 is 7.73. The van der Waals surface area contributed by atoms with Crippen molar-refractivity contribution in [3.05, 3.63) is 84.3 Å². The summed E-state index contributed by atoms with van der Waals surface area (Å²) in [4.78, 5) is 7.25. The van der Waals surface area contributed by atoms with Gasteiger partial charge >= 0.3 is 0 Å². The number of hydrogen-bond acceptors (Lipinski definition) is 5. The predicted octanol–water partition coefficient (Wildman–Crippen LogP) is 5.90. The van der Waals surface area contributed by atoms with Gasteiger partial charge in [0.1, 0.15) is 5.75 Å². The van der Waals surface area contributed by atoms with Crippen molar-refractivity contribution in [2.75, 3.05) is 20.2 Å². The van der Waals surface area contributed by atoms with Gasteiger partial charge in [0.05, 0.1) is 35.7 Å². The molecule has 2 aromatic carbocycles. The molecule has 1 fully saturated rings. The molecule has 6 nitrogen and oxygen atoms in total. The van der Waals surface area contributed by atoms with Gasteiger partial charge in [0, 0.05) is 23.3 Å². The molecule has 36 heavy (non-hydrogen) atoms. The lowest BCUT2D eigenvalue weighted by Crippen LogP contribution is -2.35. The number of fused-ring (bicyclic) bond motifs is 1. The van der Waals surface area contributed by atoms with E-state index >= 15 is 0 Å². The molecule has 1 aliphatic rings. The highest BCUT2D eigenvalue weighted by atomic mass is 16.5. The number of pyridine rings is 1. The number of ether oxygens (including phenoxy) is 1. The van der Waals surface area contributed by atoms with Crippen molar-refractivity contribution >= 4 is 10.9 Å². The third-order valence-electron chi connectivity index (χ3n) is 7.27. The molecular formula is C30H36N4O2. The Labute approximate surface area is 213 Å². The van der Waals surface area contributed by atoms with Gasteiger partial charge in [-0.1, -0.05) is 24.3 Å². The molecule has 5 rings (SSSR count). The lowest BCUT2D eigenvalue weighted by atomic mass is 9.89.